The van der Waals surface area contributed by atoms with E-state index in [1.165, 1.54) is 5.56 Å². The van der Waals surface area contributed by atoms with Crippen LogP contribution in [-0.2, 0) is 11.3 Å². The summed E-state index contributed by atoms with van der Waals surface area (Å²) in [5, 5.41) is 6.66. The number of hydrogen-bond acceptors (Lipinski definition) is 3. The molecule has 1 aliphatic rings. The summed E-state index contributed by atoms with van der Waals surface area (Å²) in [6.07, 6.45) is 8.92. The van der Waals surface area contributed by atoms with Gasteiger partial charge in [-0.1, -0.05) is 42.5 Å². The van der Waals surface area contributed by atoms with Crippen LogP contribution in [0.5, 0.6) is 0 Å². The molecule has 0 amide bonds. The van der Waals surface area contributed by atoms with Crippen LogP contribution in [0.15, 0.2) is 47.5 Å². The number of allylic oxidation sites excluding steroid dienone is 1. The van der Waals surface area contributed by atoms with E-state index in [1.54, 1.807) is 0 Å². The third kappa shape index (κ3) is 10.4. The summed E-state index contributed by atoms with van der Waals surface area (Å²) in [6.45, 7) is 7.95. The normalized spacial score (nSPS) is 16.1. The van der Waals surface area contributed by atoms with E-state index in [-0.39, 0.29) is 24.0 Å². The molecule has 0 saturated carbocycles. The highest BCUT2D eigenvalue weighted by molar-refractivity contribution is 14.0. The van der Waals surface area contributed by atoms with Gasteiger partial charge in [-0.2, -0.15) is 0 Å². The van der Waals surface area contributed by atoms with E-state index in [2.05, 4.69) is 63.0 Å². The molecule has 1 aliphatic heterocycles. The van der Waals surface area contributed by atoms with Crippen LogP contribution in [0, 0.1) is 0 Å². The molecular weight excluding hydrogens is 463 g/mol. The molecule has 0 atom stereocenters. The monoisotopic (exact) mass is 500 g/mol. The molecule has 0 spiro atoms. The number of aliphatic imine (C=N–C) groups is 1. The van der Waals surface area contributed by atoms with Gasteiger partial charge in [-0.15, -0.1) is 24.0 Å². The number of nitrogens with one attached hydrogen (secondary N) is 2. The largest absolute Gasteiger partial charge is 0.378 e. The quantitative estimate of drug-likeness (QED) is 0.169. The van der Waals surface area contributed by atoms with Crippen molar-refractivity contribution in [1.29, 1.82) is 0 Å². The predicted octanol–water partition coefficient (Wildman–Crippen LogP) is 3.81. The van der Waals surface area contributed by atoms with Crippen molar-refractivity contribution in [3.05, 3.63) is 48.0 Å². The first kappa shape index (κ1) is 24.9. The Balaban J connectivity index is 0.00000392. The molecule has 1 aromatic rings. The zero-order chi connectivity index (χ0) is 19.2. The molecule has 1 saturated heterocycles. The number of guanidine groups is 1. The van der Waals surface area contributed by atoms with Crippen molar-refractivity contribution in [1.82, 2.24) is 15.5 Å². The summed E-state index contributed by atoms with van der Waals surface area (Å²) in [4.78, 5) is 6.77. The second-order valence-corrected chi connectivity index (χ2v) is 6.97. The van der Waals surface area contributed by atoms with E-state index < -0.39 is 0 Å². The average molecular weight is 500 g/mol. The van der Waals surface area contributed by atoms with Crippen molar-refractivity contribution in [3.63, 3.8) is 0 Å². The summed E-state index contributed by atoms with van der Waals surface area (Å²) in [6, 6.07) is 10.7. The van der Waals surface area contributed by atoms with Crippen LogP contribution in [0.4, 0.5) is 0 Å². The number of hydrogen-bond donors (Lipinski definition) is 2. The van der Waals surface area contributed by atoms with Gasteiger partial charge in [-0.25, -0.2) is 0 Å². The SMILES string of the molecule is C/C=C/CCNC(=NC)NCCCOC1CCN(Cc2ccccc2)CC1.I. The summed E-state index contributed by atoms with van der Waals surface area (Å²) < 4.78 is 6.07. The minimum Gasteiger partial charge on any atom is -0.378 e. The molecular formula is C22H37IN4O. The maximum atomic E-state index is 6.07. The number of nitrogens with zero attached hydrogens (tertiary/aromatic N) is 2. The van der Waals surface area contributed by atoms with Crippen molar-refractivity contribution in [2.75, 3.05) is 39.8 Å². The first-order valence-corrected chi connectivity index (χ1v) is 10.3. The van der Waals surface area contributed by atoms with E-state index in [4.69, 9.17) is 4.74 Å². The van der Waals surface area contributed by atoms with Gasteiger partial charge in [-0.3, -0.25) is 9.89 Å². The first-order chi connectivity index (χ1) is 13.3. The van der Waals surface area contributed by atoms with Gasteiger partial charge < -0.3 is 15.4 Å². The minimum absolute atomic E-state index is 0. The van der Waals surface area contributed by atoms with Crippen molar-refractivity contribution in [3.8, 4) is 0 Å². The van der Waals surface area contributed by atoms with E-state index >= 15 is 0 Å². The highest BCUT2D eigenvalue weighted by Gasteiger charge is 2.19. The number of halogens is 1. The smallest absolute Gasteiger partial charge is 0.190 e. The Bertz CT molecular complexity index is 557. The standard InChI is InChI=1S/C22H36N4O.HI/c1-3-4-8-14-24-22(23-2)25-15-9-18-27-21-12-16-26(17-13-21)19-20-10-6-5-7-11-20;/h3-7,10-11,21H,8-9,12-19H2,1-2H3,(H2,23,24,25);1H/b4-3+;. The van der Waals surface area contributed by atoms with Gasteiger partial charge in [-0.05, 0) is 38.2 Å². The molecule has 0 radical (unpaired) electrons. The lowest BCUT2D eigenvalue weighted by Crippen LogP contribution is -2.39. The molecule has 1 fully saturated rings. The molecule has 2 N–H and O–H groups in total. The van der Waals surface area contributed by atoms with Gasteiger partial charge >= 0.3 is 0 Å². The lowest BCUT2D eigenvalue weighted by molar-refractivity contribution is 0.00534. The molecule has 0 aliphatic carbocycles. The van der Waals surface area contributed by atoms with E-state index in [0.717, 1.165) is 71.0 Å². The summed E-state index contributed by atoms with van der Waals surface area (Å²) in [5.41, 5.74) is 1.40. The van der Waals surface area contributed by atoms with E-state index in [0.29, 0.717) is 6.10 Å². The number of rotatable bonds is 10. The maximum absolute atomic E-state index is 6.07. The molecule has 0 unspecified atom stereocenters. The van der Waals surface area contributed by atoms with Crippen LogP contribution in [0.2, 0.25) is 0 Å². The van der Waals surface area contributed by atoms with Crippen molar-refractivity contribution in [2.45, 2.75) is 45.3 Å². The predicted molar refractivity (Wildman–Crippen MR) is 130 cm³/mol. The summed E-state index contributed by atoms with van der Waals surface area (Å²) in [5.74, 6) is 0.869. The van der Waals surface area contributed by atoms with Crippen LogP contribution in [-0.4, -0.2) is 56.8 Å². The Morgan fingerprint density at radius 3 is 2.57 bits per heavy atom. The highest BCUT2D eigenvalue weighted by atomic mass is 127. The van der Waals surface area contributed by atoms with Gasteiger partial charge in [0.15, 0.2) is 5.96 Å². The topological polar surface area (TPSA) is 48.9 Å². The Morgan fingerprint density at radius 2 is 1.89 bits per heavy atom. The van der Waals surface area contributed by atoms with Crippen LogP contribution >= 0.6 is 24.0 Å². The lowest BCUT2D eigenvalue weighted by atomic mass is 10.1. The molecule has 158 valence electrons. The van der Waals surface area contributed by atoms with Crippen LogP contribution in [0.1, 0.15) is 38.2 Å². The molecule has 2 rings (SSSR count). The summed E-state index contributed by atoms with van der Waals surface area (Å²) >= 11 is 0. The van der Waals surface area contributed by atoms with Gasteiger partial charge in [0.2, 0.25) is 0 Å². The average Bonchev–Trinajstić information content (AvgIpc) is 2.71. The summed E-state index contributed by atoms with van der Waals surface area (Å²) in [7, 11) is 1.81. The number of likely N-dealkylation sites (tertiary alicyclic amines) is 1. The van der Waals surface area contributed by atoms with Gasteiger partial charge in [0.1, 0.15) is 0 Å². The fourth-order valence-electron chi connectivity index (χ4n) is 3.27. The fraction of sp³-hybridized carbons (Fsp3) is 0.591. The molecule has 0 bridgehead atoms. The van der Waals surface area contributed by atoms with Crippen molar-refractivity contribution in [2.24, 2.45) is 4.99 Å². The molecule has 5 nitrogen and oxygen atoms in total. The minimum atomic E-state index is 0. The van der Waals surface area contributed by atoms with Gasteiger partial charge in [0.05, 0.1) is 6.10 Å². The third-order valence-electron chi connectivity index (χ3n) is 4.81. The second-order valence-electron chi connectivity index (χ2n) is 6.97. The van der Waals surface area contributed by atoms with Crippen LogP contribution in [0.3, 0.4) is 0 Å². The molecule has 1 heterocycles. The van der Waals surface area contributed by atoms with Crippen LogP contribution in [0.25, 0.3) is 0 Å². The number of benzene rings is 1. The molecule has 28 heavy (non-hydrogen) atoms. The molecule has 1 aromatic carbocycles. The maximum Gasteiger partial charge on any atom is 0.190 e. The Labute approximate surface area is 188 Å². The zero-order valence-electron chi connectivity index (χ0n) is 17.4. The second kappa shape index (κ2) is 15.8. The number of ether oxygens (including phenoxy) is 1. The van der Waals surface area contributed by atoms with E-state index in [9.17, 15) is 0 Å². The Hall–Kier alpha value is -1.12. The van der Waals surface area contributed by atoms with Crippen molar-refractivity contribution >= 4 is 29.9 Å². The Kier molecular flexibility index (Phi) is 14.0. The fourth-order valence-corrected chi connectivity index (χ4v) is 3.27. The molecule has 0 aromatic heterocycles. The van der Waals surface area contributed by atoms with E-state index in [1.807, 2.05) is 14.0 Å². The van der Waals surface area contributed by atoms with Crippen molar-refractivity contribution < 1.29 is 4.74 Å². The molecule has 6 heteroatoms. The first-order valence-electron chi connectivity index (χ1n) is 10.3. The highest BCUT2D eigenvalue weighted by Crippen LogP contribution is 2.16. The zero-order valence-corrected chi connectivity index (χ0v) is 19.7. The number of piperidine rings is 1. The lowest BCUT2D eigenvalue weighted by Gasteiger charge is -2.32. The Morgan fingerprint density at radius 1 is 1.18 bits per heavy atom. The van der Waals surface area contributed by atoms with Gasteiger partial charge in [0, 0.05) is 46.4 Å². The van der Waals surface area contributed by atoms with Gasteiger partial charge in [0.25, 0.3) is 0 Å². The van der Waals surface area contributed by atoms with Crippen LogP contribution < -0.4 is 10.6 Å². The third-order valence-corrected chi connectivity index (χ3v) is 4.81.